The summed E-state index contributed by atoms with van der Waals surface area (Å²) in [5.41, 5.74) is 0. The second kappa shape index (κ2) is 12.4. The van der Waals surface area contributed by atoms with Crippen molar-refractivity contribution in [3.8, 4) is 0 Å². The Morgan fingerprint density at radius 3 is 2.64 bits per heavy atom. The molecule has 0 spiro atoms. The van der Waals surface area contributed by atoms with Crippen molar-refractivity contribution in [1.82, 2.24) is 20.2 Å². The second-order valence-electron chi connectivity index (χ2n) is 9.10. The van der Waals surface area contributed by atoms with Gasteiger partial charge < -0.3 is 15.1 Å². The lowest BCUT2D eigenvalue weighted by Crippen LogP contribution is -2.43. The quantitative estimate of drug-likeness (QED) is 0.543. The van der Waals surface area contributed by atoms with Crippen molar-refractivity contribution in [2.45, 2.75) is 67.8 Å². The van der Waals surface area contributed by atoms with Crippen molar-refractivity contribution in [1.29, 1.82) is 0 Å². The van der Waals surface area contributed by atoms with E-state index >= 15 is 0 Å². The van der Waals surface area contributed by atoms with Crippen molar-refractivity contribution < 1.29 is 4.79 Å². The molecular formula is C26H37N5OS. The number of likely N-dealkylation sites (tertiary alicyclic amines) is 1. The van der Waals surface area contributed by atoms with Gasteiger partial charge in [0.1, 0.15) is 5.03 Å². The minimum absolute atomic E-state index is 0.0986. The molecule has 2 saturated heterocycles. The number of hydrogen-bond acceptors (Lipinski definition) is 6. The third-order valence-electron chi connectivity index (χ3n) is 6.91. The zero-order chi connectivity index (χ0) is 22.9. The van der Waals surface area contributed by atoms with E-state index in [1.54, 1.807) is 24.2 Å². The first-order valence-corrected chi connectivity index (χ1v) is 13.4. The lowest BCUT2D eigenvalue weighted by Gasteiger charge is -2.35. The van der Waals surface area contributed by atoms with Gasteiger partial charge in [0.2, 0.25) is 5.91 Å². The molecule has 1 aromatic heterocycles. The molecule has 1 atom stereocenters. The Hall–Kier alpha value is -2.12. The standard InChI is InChI=1S/C26H37N5OS/c1-2-22-9-6-7-17-30(22)18-8-14-28-25(32)21-12-19-31(20-13-21)24-26(29-16-15-27-24)33-23-10-4-3-5-11-23/h3-5,10-11,15-16,21-22H,2,6-9,12-14,17-20H2,1H3,(H,28,32)/t22-/m1/s1. The predicted molar refractivity (Wildman–Crippen MR) is 135 cm³/mol. The first-order chi connectivity index (χ1) is 16.2. The summed E-state index contributed by atoms with van der Waals surface area (Å²) >= 11 is 1.64. The van der Waals surface area contributed by atoms with Crippen molar-refractivity contribution >= 4 is 23.5 Å². The summed E-state index contributed by atoms with van der Waals surface area (Å²) in [6.45, 7) is 7.08. The molecule has 33 heavy (non-hydrogen) atoms. The number of nitrogens with one attached hydrogen (secondary N) is 1. The highest BCUT2D eigenvalue weighted by molar-refractivity contribution is 7.99. The van der Waals surface area contributed by atoms with E-state index < -0.39 is 0 Å². The number of piperidine rings is 2. The summed E-state index contributed by atoms with van der Waals surface area (Å²) < 4.78 is 0. The van der Waals surface area contributed by atoms with Crippen LogP contribution in [0.3, 0.4) is 0 Å². The zero-order valence-corrected chi connectivity index (χ0v) is 20.6. The molecule has 2 aromatic rings. The van der Waals surface area contributed by atoms with Gasteiger partial charge in [0.25, 0.3) is 0 Å². The number of hydrogen-bond donors (Lipinski definition) is 1. The van der Waals surface area contributed by atoms with Crippen molar-refractivity contribution in [3.63, 3.8) is 0 Å². The Morgan fingerprint density at radius 2 is 1.85 bits per heavy atom. The van der Waals surface area contributed by atoms with Crippen LogP contribution in [0.4, 0.5) is 5.82 Å². The summed E-state index contributed by atoms with van der Waals surface area (Å²) in [7, 11) is 0. The molecule has 178 valence electrons. The van der Waals surface area contributed by atoms with Crippen LogP contribution in [-0.2, 0) is 4.79 Å². The monoisotopic (exact) mass is 467 g/mol. The van der Waals surface area contributed by atoms with Gasteiger partial charge in [-0.05, 0) is 57.2 Å². The van der Waals surface area contributed by atoms with Crippen molar-refractivity contribution in [2.75, 3.05) is 37.6 Å². The molecule has 2 fully saturated rings. The molecule has 0 saturated carbocycles. The molecule has 4 rings (SSSR count). The van der Waals surface area contributed by atoms with Gasteiger partial charge in [-0.15, -0.1) is 0 Å². The summed E-state index contributed by atoms with van der Waals surface area (Å²) in [6, 6.07) is 11.0. The van der Waals surface area contributed by atoms with Crippen LogP contribution in [0.15, 0.2) is 52.6 Å². The van der Waals surface area contributed by atoms with Crippen molar-refractivity contribution in [3.05, 3.63) is 42.7 Å². The SMILES string of the molecule is CC[C@@H]1CCCCN1CCCNC(=O)C1CCN(c2nccnc2Sc2ccccc2)CC1. The van der Waals surface area contributed by atoms with Gasteiger partial charge in [-0.2, -0.15) is 0 Å². The number of anilines is 1. The summed E-state index contributed by atoms with van der Waals surface area (Å²) in [4.78, 5) is 28.0. The molecule has 3 heterocycles. The Morgan fingerprint density at radius 1 is 1.06 bits per heavy atom. The van der Waals surface area contributed by atoms with Crippen LogP contribution in [0.1, 0.15) is 51.9 Å². The van der Waals surface area contributed by atoms with Crippen LogP contribution < -0.4 is 10.2 Å². The molecule has 0 aliphatic carbocycles. The maximum atomic E-state index is 12.7. The number of nitrogens with zero attached hydrogens (tertiary/aromatic N) is 4. The third kappa shape index (κ3) is 6.70. The predicted octanol–water partition coefficient (Wildman–Crippen LogP) is 4.62. The number of aromatic nitrogens is 2. The molecule has 6 nitrogen and oxygen atoms in total. The lowest BCUT2D eigenvalue weighted by molar-refractivity contribution is -0.125. The molecule has 1 N–H and O–H groups in total. The van der Waals surface area contributed by atoms with E-state index in [1.165, 1.54) is 32.2 Å². The summed E-state index contributed by atoms with van der Waals surface area (Å²) in [6.07, 6.45) is 11.5. The Labute approximate surface area is 202 Å². The van der Waals surface area contributed by atoms with Gasteiger partial charge in [0.05, 0.1) is 0 Å². The van der Waals surface area contributed by atoms with E-state index in [0.29, 0.717) is 0 Å². The first kappa shape index (κ1) is 24.0. The Bertz CT molecular complexity index is 872. The minimum atomic E-state index is 0.0986. The highest BCUT2D eigenvalue weighted by Gasteiger charge is 2.27. The van der Waals surface area contributed by atoms with Gasteiger partial charge >= 0.3 is 0 Å². The van der Waals surface area contributed by atoms with E-state index in [2.05, 4.69) is 44.1 Å². The van der Waals surface area contributed by atoms with Crippen LogP contribution in [-0.4, -0.2) is 59.5 Å². The molecule has 0 unspecified atom stereocenters. The first-order valence-electron chi connectivity index (χ1n) is 12.5. The molecule has 7 heteroatoms. The number of benzene rings is 1. The van der Waals surface area contributed by atoms with Gasteiger partial charge in [0, 0.05) is 55.4 Å². The third-order valence-corrected chi connectivity index (χ3v) is 7.90. The number of carbonyl (C=O) groups is 1. The fourth-order valence-electron chi connectivity index (χ4n) is 5.02. The average molecular weight is 468 g/mol. The fourth-order valence-corrected chi connectivity index (χ4v) is 5.92. The summed E-state index contributed by atoms with van der Waals surface area (Å²) in [5, 5.41) is 4.13. The molecule has 1 aromatic carbocycles. The summed E-state index contributed by atoms with van der Waals surface area (Å²) in [5.74, 6) is 1.25. The molecule has 1 amide bonds. The van der Waals surface area contributed by atoms with Crippen molar-refractivity contribution in [2.24, 2.45) is 5.92 Å². The molecular weight excluding hydrogens is 430 g/mol. The van der Waals surface area contributed by atoms with Gasteiger partial charge in [0.15, 0.2) is 5.82 Å². The highest BCUT2D eigenvalue weighted by atomic mass is 32.2. The smallest absolute Gasteiger partial charge is 0.223 e. The molecule has 0 radical (unpaired) electrons. The second-order valence-corrected chi connectivity index (χ2v) is 10.2. The van der Waals surface area contributed by atoms with E-state index in [4.69, 9.17) is 0 Å². The largest absolute Gasteiger partial charge is 0.356 e. The minimum Gasteiger partial charge on any atom is -0.356 e. The normalized spacial score (nSPS) is 20.0. The van der Waals surface area contributed by atoms with E-state index in [1.807, 2.05) is 18.2 Å². The fraction of sp³-hybridized carbons (Fsp3) is 0.577. The molecule has 2 aliphatic rings. The van der Waals surface area contributed by atoms with Crippen LogP contribution in [0, 0.1) is 5.92 Å². The average Bonchev–Trinajstić information content (AvgIpc) is 2.88. The van der Waals surface area contributed by atoms with Crippen LogP contribution in [0.25, 0.3) is 0 Å². The zero-order valence-electron chi connectivity index (χ0n) is 19.8. The molecule has 0 bridgehead atoms. The Balaban J connectivity index is 1.22. The van der Waals surface area contributed by atoms with Gasteiger partial charge in [-0.3, -0.25) is 4.79 Å². The van der Waals surface area contributed by atoms with Gasteiger partial charge in [-0.25, -0.2) is 9.97 Å². The number of carbonyl (C=O) groups excluding carboxylic acids is 1. The van der Waals surface area contributed by atoms with E-state index in [-0.39, 0.29) is 11.8 Å². The topological polar surface area (TPSA) is 61.4 Å². The Kier molecular flexibility index (Phi) is 9.01. The highest BCUT2D eigenvalue weighted by Crippen LogP contribution is 2.33. The van der Waals surface area contributed by atoms with E-state index in [9.17, 15) is 4.79 Å². The van der Waals surface area contributed by atoms with Crippen LogP contribution >= 0.6 is 11.8 Å². The number of amides is 1. The maximum absolute atomic E-state index is 12.7. The van der Waals surface area contributed by atoms with Crippen LogP contribution in [0.5, 0.6) is 0 Å². The maximum Gasteiger partial charge on any atom is 0.223 e. The number of rotatable bonds is 9. The van der Waals surface area contributed by atoms with Gasteiger partial charge in [-0.1, -0.05) is 43.3 Å². The lowest BCUT2D eigenvalue weighted by atomic mass is 9.96. The van der Waals surface area contributed by atoms with Crippen LogP contribution in [0.2, 0.25) is 0 Å². The molecule has 2 aliphatic heterocycles. The van der Waals surface area contributed by atoms with E-state index in [0.717, 1.165) is 67.2 Å².